The molecule has 0 unspecified atom stereocenters. The van der Waals surface area contributed by atoms with Crippen molar-refractivity contribution in [3.8, 4) is 0 Å². The Kier molecular flexibility index (Phi) is 2.83. The molecular formula is C20H24. The summed E-state index contributed by atoms with van der Waals surface area (Å²) in [6, 6.07) is 16.0. The van der Waals surface area contributed by atoms with E-state index in [4.69, 9.17) is 0 Å². The first-order valence-electron chi connectivity index (χ1n) is 7.52. The van der Waals surface area contributed by atoms with Gasteiger partial charge in [0.15, 0.2) is 0 Å². The molecule has 0 heterocycles. The smallest absolute Gasteiger partial charge is 0.0152 e. The number of rotatable bonds is 0. The molecule has 2 aromatic carbocycles. The van der Waals surface area contributed by atoms with Crippen molar-refractivity contribution in [2.24, 2.45) is 0 Å². The fourth-order valence-electron chi connectivity index (χ4n) is 3.41. The van der Waals surface area contributed by atoms with E-state index in [0.29, 0.717) is 0 Å². The molecule has 0 heteroatoms. The summed E-state index contributed by atoms with van der Waals surface area (Å²) in [7, 11) is 0. The van der Waals surface area contributed by atoms with E-state index in [1.54, 1.807) is 0 Å². The normalized spacial score (nSPS) is 16.4. The average Bonchev–Trinajstić information content (AvgIpc) is 2.37. The van der Waals surface area contributed by atoms with E-state index in [1.165, 1.54) is 27.8 Å². The maximum atomic E-state index is 2.44. The van der Waals surface area contributed by atoms with Crippen molar-refractivity contribution >= 4 is 0 Å². The van der Waals surface area contributed by atoms with Gasteiger partial charge in [0.25, 0.3) is 0 Å². The maximum absolute atomic E-state index is 2.44. The van der Waals surface area contributed by atoms with Gasteiger partial charge in [-0.25, -0.2) is 0 Å². The van der Waals surface area contributed by atoms with E-state index in [2.05, 4.69) is 77.1 Å². The first-order chi connectivity index (χ1) is 9.30. The van der Waals surface area contributed by atoms with Crippen molar-refractivity contribution in [1.82, 2.24) is 0 Å². The molecule has 0 aromatic heterocycles. The van der Waals surface area contributed by atoms with Gasteiger partial charge in [-0.2, -0.15) is 0 Å². The fraction of sp³-hybridized carbons (Fsp3) is 0.400. The highest BCUT2D eigenvalue weighted by Gasteiger charge is 2.32. The fourth-order valence-corrected chi connectivity index (χ4v) is 3.41. The predicted molar refractivity (Wildman–Crippen MR) is 86.5 cm³/mol. The van der Waals surface area contributed by atoms with Gasteiger partial charge >= 0.3 is 0 Å². The Morgan fingerprint density at radius 3 is 2.20 bits per heavy atom. The third-order valence-electron chi connectivity index (χ3n) is 4.72. The SMILES string of the molecule is CC(C)(C)c1ccc2c(c1)C(C)(C)c1ccccc1C2. The van der Waals surface area contributed by atoms with Crippen molar-refractivity contribution in [3.63, 3.8) is 0 Å². The third-order valence-corrected chi connectivity index (χ3v) is 4.72. The van der Waals surface area contributed by atoms with Crippen LogP contribution < -0.4 is 0 Å². The predicted octanol–water partition coefficient (Wildman–Crippen LogP) is 5.21. The van der Waals surface area contributed by atoms with E-state index < -0.39 is 0 Å². The largest absolute Gasteiger partial charge is 0.0620 e. The summed E-state index contributed by atoms with van der Waals surface area (Å²) >= 11 is 0. The van der Waals surface area contributed by atoms with Gasteiger partial charge in [-0.15, -0.1) is 0 Å². The number of hydrogen-bond donors (Lipinski definition) is 0. The molecule has 0 spiro atoms. The van der Waals surface area contributed by atoms with Crippen molar-refractivity contribution in [1.29, 1.82) is 0 Å². The van der Waals surface area contributed by atoms with Crippen LogP contribution in [0.4, 0.5) is 0 Å². The monoisotopic (exact) mass is 264 g/mol. The molecule has 0 bridgehead atoms. The molecule has 0 atom stereocenters. The van der Waals surface area contributed by atoms with Gasteiger partial charge in [-0.05, 0) is 39.7 Å². The first-order valence-corrected chi connectivity index (χ1v) is 7.52. The van der Waals surface area contributed by atoms with Gasteiger partial charge in [0, 0.05) is 5.41 Å². The highest BCUT2D eigenvalue weighted by atomic mass is 14.4. The zero-order valence-electron chi connectivity index (χ0n) is 13.2. The summed E-state index contributed by atoms with van der Waals surface area (Å²) in [5, 5.41) is 0. The Bertz CT molecular complexity index is 654. The highest BCUT2D eigenvalue weighted by Crippen LogP contribution is 2.42. The van der Waals surface area contributed by atoms with Crippen LogP contribution in [-0.2, 0) is 17.3 Å². The van der Waals surface area contributed by atoms with Gasteiger partial charge in [0.2, 0.25) is 0 Å². The van der Waals surface area contributed by atoms with Gasteiger partial charge in [-0.3, -0.25) is 0 Å². The van der Waals surface area contributed by atoms with E-state index in [-0.39, 0.29) is 10.8 Å². The molecular weight excluding hydrogens is 240 g/mol. The van der Waals surface area contributed by atoms with E-state index in [9.17, 15) is 0 Å². The molecule has 1 aliphatic rings. The standard InChI is InChI=1S/C20H24/c1-19(2,3)16-11-10-15-12-14-8-6-7-9-17(14)20(4,5)18(15)13-16/h6-11,13H,12H2,1-5H3. The molecule has 0 aliphatic heterocycles. The van der Waals surface area contributed by atoms with Crippen LogP contribution in [0.1, 0.15) is 62.4 Å². The molecule has 20 heavy (non-hydrogen) atoms. The zero-order chi connectivity index (χ0) is 14.5. The molecule has 0 fully saturated rings. The molecule has 0 amide bonds. The second kappa shape index (κ2) is 4.22. The molecule has 104 valence electrons. The number of fused-ring (bicyclic) bond motifs is 2. The van der Waals surface area contributed by atoms with Crippen molar-refractivity contribution in [2.45, 2.75) is 51.9 Å². The third kappa shape index (κ3) is 1.98. The summed E-state index contributed by atoms with van der Waals surface area (Å²) in [5.41, 5.74) is 7.70. The highest BCUT2D eigenvalue weighted by molar-refractivity contribution is 5.53. The van der Waals surface area contributed by atoms with Crippen molar-refractivity contribution in [3.05, 3.63) is 70.3 Å². The Labute approximate surface area is 122 Å². The Morgan fingerprint density at radius 1 is 0.850 bits per heavy atom. The average molecular weight is 264 g/mol. The Morgan fingerprint density at radius 2 is 1.50 bits per heavy atom. The lowest BCUT2D eigenvalue weighted by Gasteiger charge is -2.36. The molecule has 0 N–H and O–H groups in total. The molecule has 0 nitrogen and oxygen atoms in total. The molecule has 0 saturated heterocycles. The minimum Gasteiger partial charge on any atom is -0.0620 e. The van der Waals surface area contributed by atoms with Gasteiger partial charge in [0.05, 0.1) is 0 Å². The van der Waals surface area contributed by atoms with Crippen molar-refractivity contribution in [2.75, 3.05) is 0 Å². The van der Waals surface area contributed by atoms with Crippen LogP contribution in [0.25, 0.3) is 0 Å². The van der Waals surface area contributed by atoms with E-state index in [1.807, 2.05) is 0 Å². The second-order valence-electron chi connectivity index (χ2n) is 7.58. The summed E-state index contributed by atoms with van der Waals surface area (Å²) in [6.45, 7) is 11.6. The Hall–Kier alpha value is -1.56. The van der Waals surface area contributed by atoms with Crippen molar-refractivity contribution < 1.29 is 0 Å². The van der Waals surface area contributed by atoms with Crippen LogP contribution >= 0.6 is 0 Å². The molecule has 0 saturated carbocycles. The van der Waals surface area contributed by atoms with Gasteiger partial charge < -0.3 is 0 Å². The maximum Gasteiger partial charge on any atom is 0.0152 e. The Balaban J connectivity index is 2.20. The van der Waals surface area contributed by atoms with Crippen LogP contribution in [0.2, 0.25) is 0 Å². The summed E-state index contributed by atoms with van der Waals surface area (Å²) in [5.74, 6) is 0. The molecule has 3 rings (SSSR count). The topological polar surface area (TPSA) is 0 Å². The second-order valence-corrected chi connectivity index (χ2v) is 7.58. The van der Waals surface area contributed by atoms with Crippen LogP contribution in [0.5, 0.6) is 0 Å². The van der Waals surface area contributed by atoms with Crippen LogP contribution in [0.3, 0.4) is 0 Å². The summed E-state index contributed by atoms with van der Waals surface area (Å²) in [6.07, 6.45) is 1.07. The van der Waals surface area contributed by atoms with Gasteiger partial charge in [-0.1, -0.05) is 77.1 Å². The lowest BCUT2D eigenvalue weighted by Crippen LogP contribution is -2.28. The minimum atomic E-state index is 0.103. The summed E-state index contributed by atoms with van der Waals surface area (Å²) < 4.78 is 0. The minimum absolute atomic E-state index is 0.103. The van der Waals surface area contributed by atoms with Crippen LogP contribution in [0, 0.1) is 0 Å². The van der Waals surface area contributed by atoms with Gasteiger partial charge in [0.1, 0.15) is 0 Å². The molecule has 1 aliphatic carbocycles. The van der Waals surface area contributed by atoms with Crippen LogP contribution in [0.15, 0.2) is 42.5 Å². The molecule has 2 aromatic rings. The first kappa shape index (κ1) is 13.4. The zero-order valence-corrected chi connectivity index (χ0v) is 13.2. The molecule has 0 radical (unpaired) electrons. The lowest BCUT2D eigenvalue weighted by atomic mass is 9.68. The number of benzene rings is 2. The quantitative estimate of drug-likeness (QED) is 0.612. The number of hydrogen-bond acceptors (Lipinski definition) is 0. The summed E-state index contributed by atoms with van der Waals surface area (Å²) in [4.78, 5) is 0. The van der Waals surface area contributed by atoms with E-state index in [0.717, 1.165) is 6.42 Å². The van der Waals surface area contributed by atoms with Crippen LogP contribution in [-0.4, -0.2) is 0 Å². The lowest BCUT2D eigenvalue weighted by molar-refractivity contribution is 0.574. The van der Waals surface area contributed by atoms with E-state index >= 15 is 0 Å².